The fraction of sp³-hybridized carbons (Fsp3) is 0.600. The molecule has 0 bridgehead atoms. The first-order valence-corrected chi connectivity index (χ1v) is 9.00. The average Bonchev–Trinajstić information content (AvgIpc) is 2.69. The molecule has 0 aromatic carbocycles. The van der Waals surface area contributed by atoms with E-state index in [-0.39, 0.29) is 6.61 Å². The zero-order valence-corrected chi connectivity index (χ0v) is 15.7. The summed E-state index contributed by atoms with van der Waals surface area (Å²) < 4.78 is 10.9. The Balaban J connectivity index is 2.92. The van der Waals surface area contributed by atoms with E-state index in [9.17, 15) is 25.5 Å². The molecule has 8 heteroatoms. The van der Waals surface area contributed by atoms with Crippen LogP contribution in [0, 0.1) is 23.7 Å². The largest absolute Gasteiger partial charge is 0.396 e. The fourth-order valence-corrected chi connectivity index (χ4v) is 2.35. The first-order chi connectivity index (χ1) is 13.5. The molecule has 6 N–H and O–H groups in total. The molecule has 156 valence electrons. The second kappa shape index (κ2) is 13.5. The molecule has 1 heterocycles. The lowest BCUT2D eigenvalue weighted by Gasteiger charge is -2.40. The van der Waals surface area contributed by atoms with E-state index >= 15 is 0 Å². The van der Waals surface area contributed by atoms with Crippen LogP contribution in [0.4, 0.5) is 0 Å². The summed E-state index contributed by atoms with van der Waals surface area (Å²) in [6.07, 6.45) is -2.07. The Bertz CT molecular complexity index is 622. The van der Waals surface area contributed by atoms with E-state index in [1.54, 1.807) is 25.2 Å². The lowest BCUT2D eigenvalue weighted by Crippen LogP contribution is -2.60. The first kappa shape index (κ1) is 24.3. The van der Waals surface area contributed by atoms with Crippen molar-refractivity contribution in [2.75, 3.05) is 13.2 Å². The Kier molecular flexibility index (Phi) is 11.7. The Labute approximate surface area is 164 Å². The zero-order chi connectivity index (χ0) is 20.9. The van der Waals surface area contributed by atoms with Gasteiger partial charge in [-0.2, -0.15) is 0 Å². The maximum Gasteiger partial charge on any atom is 0.187 e. The molecule has 0 radical (unpaired) electrons. The van der Waals surface area contributed by atoms with Gasteiger partial charge in [0.15, 0.2) is 6.29 Å². The number of hydrogen-bond acceptors (Lipinski definition) is 8. The van der Waals surface area contributed by atoms with Gasteiger partial charge in [0.2, 0.25) is 0 Å². The summed E-state index contributed by atoms with van der Waals surface area (Å²) in [5, 5.41) is 58.2. The molecular formula is C20H28O8. The van der Waals surface area contributed by atoms with E-state index in [0.29, 0.717) is 12.8 Å². The highest BCUT2D eigenvalue weighted by atomic mass is 16.7. The van der Waals surface area contributed by atoms with E-state index in [0.717, 1.165) is 0 Å². The number of ether oxygens (including phenoxy) is 2. The summed E-state index contributed by atoms with van der Waals surface area (Å²) >= 11 is 0. The van der Waals surface area contributed by atoms with E-state index in [1.165, 1.54) is 6.08 Å². The minimum absolute atomic E-state index is 0.00543. The van der Waals surface area contributed by atoms with Gasteiger partial charge in [0.1, 0.15) is 36.6 Å². The molecule has 28 heavy (non-hydrogen) atoms. The molecule has 1 aliphatic rings. The topological polar surface area (TPSA) is 140 Å². The maximum atomic E-state index is 10.3. The van der Waals surface area contributed by atoms with Gasteiger partial charge in [0, 0.05) is 6.61 Å². The Hall–Kier alpha value is -1.72. The van der Waals surface area contributed by atoms with Gasteiger partial charge >= 0.3 is 0 Å². The van der Waals surface area contributed by atoms with Crippen molar-refractivity contribution in [2.24, 2.45) is 0 Å². The predicted octanol–water partition coefficient (Wildman–Crippen LogP) is -1.56. The summed E-state index contributed by atoms with van der Waals surface area (Å²) in [6, 6.07) is 0. The molecule has 2 unspecified atom stereocenters. The van der Waals surface area contributed by atoms with Crippen molar-refractivity contribution in [3.05, 3.63) is 24.3 Å². The fourth-order valence-electron chi connectivity index (χ4n) is 2.35. The van der Waals surface area contributed by atoms with Crippen LogP contribution in [0.5, 0.6) is 0 Å². The molecule has 8 nitrogen and oxygen atoms in total. The number of unbranched alkanes of at least 4 members (excludes halogenated alkanes) is 1. The van der Waals surface area contributed by atoms with Gasteiger partial charge in [-0.1, -0.05) is 30.1 Å². The molecule has 0 aliphatic carbocycles. The summed E-state index contributed by atoms with van der Waals surface area (Å²) in [5.41, 5.74) is 0. The normalized spacial score (nSPS) is 29.8. The number of allylic oxidation sites excluding steroid dienone is 3. The van der Waals surface area contributed by atoms with Crippen molar-refractivity contribution >= 4 is 0 Å². The summed E-state index contributed by atoms with van der Waals surface area (Å²) in [6.45, 7) is 1.22. The molecule has 1 saturated heterocycles. The van der Waals surface area contributed by atoms with Crippen LogP contribution in [0.25, 0.3) is 0 Å². The molecule has 1 aliphatic heterocycles. The van der Waals surface area contributed by atoms with Crippen LogP contribution < -0.4 is 0 Å². The van der Waals surface area contributed by atoms with Crippen molar-refractivity contribution < 1.29 is 40.1 Å². The van der Waals surface area contributed by atoms with E-state index in [2.05, 4.69) is 23.7 Å². The van der Waals surface area contributed by atoms with Crippen molar-refractivity contribution in [1.29, 1.82) is 0 Å². The van der Waals surface area contributed by atoms with Crippen LogP contribution in [0.2, 0.25) is 0 Å². The van der Waals surface area contributed by atoms with E-state index in [4.69, 9.17) is 14.6 Å². The second-order valence-corrected chi connectivity index (χ2v) is 6.08. The van der Waals surface area contributed by atoms with Crippen LogP contribution in [0.1, 0.15) is 19.8 Å². The summed E-state index contributed by atoms with van der Waals surface area (Å²) in [4.78, 5) is 0. The standard InChI is InChI=1S/C20H28O8/c1-2-3-4-5-7-10-14(23)15(11-8-6-9-12-21)27-20-19(26)18(25)17(24)16(13-22)28-20/h2-3,8,11,14-26H,6,9,12-13H2,1H3/b3-2-,11-8+/t14?,15?,16-,17-,18+,19-,20-/m1/s1. The second-order valence-electron chi connectivity index (χ2n) is 6.08. The van der Waals surface area contributed by atoms with Crippen molar-refractivity contribution in [2.45, 2.75) is 62.7 Å². The third-order valence-electron chi connectivity index (χ3n) is 3.91. The van der Waals surface area contributed by atoms with Gasteiger partial charge in [-0.15, -0.1) is 0 Å². The lowest BCUT2D eigenvalue weighted by atomic mass is 9.99. The van der Waals surface area contributed by atoms with E-state index in [1.807, 2.05) is 0 Å². The van der Waals surface area contributed by atoms with Gasteiger partial charge in [-0.25, -0.2) is 0 Å². The molecule has 0 aromatic heterocycles. The summed E-state index contributed by atoms with van der Waals surface area (Å²) in [5.74, 6) is 10.2. The summed E-state index contributed by atoms with van der Waals surface area (Å²) in [7, 11) is 0. The minimum Gasteiger partial charge on any atom is -0.396 e. The SMILES string of the molecule is C/C=C\C#CC#CC(O)C(/C=C/CCCO)O[C@@H]1O[C@H](CO)[C@@H](O)[C@H](O)[C@H]1O. The number of hydrogen-bond donors (Lipinski definition) is 6. The third-order valence-corrected chi connectivity index (χ3v) is 3.91. The van der Waals surface area contributed by atoms with E-state index < -0.39 is 49.5 Å². The third kappa shape index (κ3) is 7.72. The number of aliphatic hydroxyl groups is 6. The van der Waals surface area contributed by atoms with Crippen molar-refractivity contribution in [3.63, 3.8) is 0 Å². The van der Waals surface area contributed by atoms with Crippen LogP contribution in [-0.4, -0.2) is 86.8 Å². The smallest absolute Gasteiger partial charge is 0.187 e. The highest BCUT2D eigenvalue weighted by molar-refractivity contribution is 5.32. The Morgan fingerprint density at radius 3 is 2.50 bits per heavy atom. The maximum absolute atomic E-state index is 10.3. The molecule has 0 amide bonds. The monoisotopic (exact) mass is 396 g/mol. The van der Waals surface area contributed by atoms with Crippen LogP contribution in [0.15, 0.2) is 24.3 Å². The zero-order valence-electron chi connectivity index (χ0n) is 15.7. The molecule has 1 fully saturated rings. The van der Waals surface area contributed by atoms with Crippen LogP contribution in [-0.2, 0) is 9.47 Å². The molecule has 0 spiro atoms. The van der Waals surface area contributed by atoms with Crippen LogP contribution in [0.3, 0.4) is 0 Å². The highest BCUT2D eigenvalue weighted by Crippen LogP contribution is 2.23. The average molecular weight is 396 g/mol. The Morgan fingerprint density at radius 1 is 1.11 bits per heavy atom. The van der Waals surface area contributed by atoms with Gasteiger partial charge in [0.05, 0.1) is 6.61 Å². The number of rotatable bonds is 8. The van der Waals surface area contributed by atoms with Gasteiger partial charge in [-0.05, 0) is 37.7 Å². The Morgan fingerprint density at radius 2 is 1.86 bits per heavy atom. The van der Waals surface area contributed by atoms with Crippen LogP contribution >= 0.6 is 0 Å². The highest BCUT2D eigenvalue weighted by Gasteiger charge is 2.45. The van der Waals surface area contributed by atoms with Gasteiger partial charge in [-0.3, -0.25) is 0 Å². The quantitative estimate of drug-likeness (QED) is 0.165. The van der Waals surface area contributed by atoms with Crippen molar-refractivity contribution in [3.8, 4) is 23.7 Å². The minimum atomic E-state index is -1.60. The number of aliphatic hydroxyl groups excluding tert-OH is 6. The molecule has 0 aromatic rings. The van der Waals surface area contributed by atoms with Crippen molar-refractivity contribution in [1.82, 2.24) is 0 Å². The van der Waals surface area contributed by atoms with Gasteiger partial charge in [0.25, 0.3) is 0 Å². The molecular weight excluding hydrogens is 368 g/mol. The predicted molar refractivity (Wildman–Crippen MR) is 100 cm³/mol. The molecule has 0 saturated carbocycles. The lowest BCUT2D eigenvalue weighted by molar-refractivity contribution is -0.311. The van der Waals surface area contributed by atoms with Gasteiger partial charge < -0.3 is 40.1 Å². The first-order valence-electron chi connectivity index (χ1n) is 9.00. The molecule has 1 rings (SSSR count). The molecule has 7 atom stereocenters.